The molecule has 0 spiro atoms. The van der Waals surface area contributed by atoms with Crippen molar-refractivity contribution in [1.29, 1.82) is 0 Å². The summed E-state index contributed by atoms with van der Waals surface area (Å²) < 4.78 is 24.6. The van der Waals surface area contributed by atoms with Crippen LogP contribution >= 0.6 is 35.0 Å². The molecule has 5 saturated heterocycles. The largest absolute Gasteiger partial charge is 0.495 e. The Morgan fingerprint density at radius 1 is 0.438 bits per heavy atom. The van der Waals surface area contributed by atoms with Gasteiger partial charge in [-0.2, -0.15) is 0 Å². The molecule has 16 heteroatoms. The fourth-order valence-electron chi connectivity index (χ4n) is 23.8. The fraction of sp³-hybridized carbons (Fsp3) is 0.625. The number of thioether (sulfide) groups is 1. The number of anilines is 5. The van der Waals surface area contributed by atoms with Crippen LogP contribution in [0.1, 0.15) is 122 Å². The first-order valence-corrected chi connectivity index (χ1v) is 46.4. The predicted octanol–water partition coefficient (Wildman–Crippen LogP) is 19.0. The summed E-state index contributed by atoms with van der Waals surface area (Å²) in [5.74, 6) is 13.6. The summed E-state index contributed by atoms with van der Waals surface area (Å²) in [4.78, 5) is 27.3. The number of halogens is 3. The van der Waals surface area contributed by atoms with Crippen LogP contribution in [0.4, 0.5) is 32.8 Å². The second-order valence-electron chi connectivity index (χ2n) is 36.4. The zero-order valence-corrected chi connectivity index (χ0v) is 70.8. The second-order valence-corrected chi connectivity index (χ2v) is 38.1. The van der Waals surface area contributed by atoms with Gasteiger partial charge in [0.05, 0.1) is 42.0 Å². The molecule has 112 heavy (non-hydrogen) atoms. The van der Waals surface area contributed by atoms with Crippen LogP contribution in [0.25, 0.3) is 0 Å². The SMILES string of the molecule is CCc1ccccc1N1CCN(CC2CC3C=CC2C3)CC1.COc1ccc(Cl)cc1N1CCN(CC2CCC3C=CC32)C(C)C1.COc1ccc(F)cc1N1CCN(C2CCC3CCC2C3)CC1.CSc1ccccc1N1CCN(CC2CC3C=CC2C3)CC1.Clc1ccccc1N1CCN(C2CC3CCC(C3)C2)CC1. The molecule has 5 aromatic rings. The van der Waals surface area contributed by atoms with Gasteiger partial charge in [0, 0.05) is 184 Å². The quantitative estimate of drug-likeness (QED) is 0.0657. The molecule has 12 fully saturated rings. The predicted molar refractivity (Wildman–Crippen MR) is 469 cm³/mol. The van der Waals surface area contributed by atoms with E-state index in [1.54, 1.807) is 26.4 Å². The number of hydrogen-bond donors (Lipinski definition) is 0. The molecule has 606 valence electrons. The first-order valence-electron chi connectivity index (χ1n) is 44.4. The van der Waals surface area contributed by atoms with Gasteiger partial charge in [-0.1, -0.05) is 128 Å². The van der Waals surface area contributed by atoms with Crippen molar-refractivity contribution < 1.29 is 13.9 Å². The number of nitrogens with zero attached hydrogens (tertiary/aromatic N) is 10. The Morgan fingerprint density at radius 2 is 0.982 bits per heavy atom. The topological polar surface area (TPSA) is 50.9 Å². The Bertz CT molecular complexity index is 3830. The maximum atomic E-state index is 13.6. The Hall–Kier alpha value is -5.42. The van der Waals surface area contributed by atoms with E-state index in [0.29, 0.717) is 6.04 Å². The number of fused-ring (bicyclic) bond motifs is 9. The number of allylic oxidation sites excluding steroid dienone is 6. The summed E-state index contributed by atoms with van der Waals surface area (Å²) in [5, 5.41) is 1.66. The number of ether oxygens (including phenoxy) is 2. The molecule has 15 aliphatic rings. The van der Waals surface area contributed by atoms with Gasteiger partial charge in [0.15, 0.2) is 0 Å². The molecule has 12 nitrogen and oxygen atoms in total. The maximum Gasteiger partial charge on any atom is 0.142 e. The van der Waals surface area contributed by atoms with Gasteiger partial charge in [0.1, 0.15) is 17.3 Å². The van der Waals surface area contributed by atoms with Crippen molar-refractivity contribution in [2.24, 2.45) is 76.9 Å². The maximum absolute atomic E-state index is 13.6. The van der Waals surface area contributed by atoms with Crippen molar-refractivity contribution in [3.63, 3.8) is 0 Å². The first kappa shape index (κ1) is 80.4. The summed E-state index contributed by atoms with van der Waals surface area (Å²) in [6, 6.07) is 39.0. The molecule has 5 aromatic carbocycles. The smallest absolute Gasteiger partial charge is 0.142 e. The lowest BCUT2D eigenvalue weighted by molar-refractivity contribution is 0.103. The van der Waals surface area contributed by atoms with Gasteiger partial charge >= 0.3 is 0 Å². The summed E-state index contributed by atoms with van der Waals surface area (Å²) >= 11 is 14.4. The van der Waals surface area contributed by atoms with Crippen molar-refractivity contribution in [3.05, 3.63) is 167 Å². The standard InChI is InChI=1S/C20H27ClN2O.C20H28N2.C19H27FN2O.C19H26N2S.C18H25ClN2/c1-14-12-23(19-11-17(21)6-8-20(19)24-2)10-9-22(14)13-16-4-3-15-5-7-18(15)16;1-2-17-5-3-4-6-20(17)22-11-9-21(10-12-22)15-19-14-16-7-8-18(19)13-16;1-23-19-7-5-16(20)13-18(19)22-10-8-21(9-11-22)17-6-3-14-2-4-15(17)12-14;1-22-19-5-3-2-4-18(19)21-10-8-20(9-11-21)14-17-13-15-6-7-16(17)12-15;19-17-3-1-2-4-18(17)21-9-7-20(8-10-21)16-12-14-5-6-15(11-14)13-16/h5-8,11,14-16,18H,3-4,9-10,12-13H2,1-2H3;3-8,16,18-19H,2,9-15H2,1H3;5,7,13-15,17H,2-4,6,8-12H2,1H3;2-7,15-17H,8-14H2,1H3;1-4,14-16H,5-13H2. The molecule has 8 bridgehead atoms. The highest BCUT2D eigenvalue weighted by Gasteiger charge is 2.44. The number of aryl methyl sites for hydroxylation is 1. The van der Waals surface area contributed by atoms with E-state index in [2.05, 4.69) is 166 Å². The molecular formula is C96H133Cl2FN10O2S. The summed E-state index contributed by atoms with van der Waals surface area (Å²) in [7, 11) is 3.39. The highest BCUT2D eigenvalue weighted by atomic mass is 35.5. The van der Waals surface area contributed by atoms with E-state index in [-0.39, 0.29) is 5.82 Å². The Kier molecular flexibility index (Phi) is 27.2. The lowest BCUT2D eigenvalue weighted by Gasteiger charge is -2.44. The third-order valence-electron chi connectivity index (χ3n) is 30.1. The van der Waals surface area contributed by atoms with Crippen LogP contribution in [0.2, 0.25) is 10.0 Å². The van der Waals surface area contributed by atoms with Gasteiger partial charge in [-0.25, -0.2) is 4.39 Å². The lowest BCUT2D eigenvalue weighted by Crippen LogP contribution is -2.53. The number of benzene rings is 5. The number of piperazine rings is 5. The summed E-state index contributed by atoms with van der Waals surface area (Å²) in [6.07, 6.45) is 41.3. The normalized spacial score (nSPS) is 31.9. The van der Waals surface area contributed by atoms with Crippen molar-refractivity contribution >= 4 is 63.4 Å². The minimum atomic E-state index is -0.187. The van der Waals surface area contributed by atoms with Crippen LogP contribution in [0.5, 0.6) is 11.5 Å². The number of methoxy groups -OCH3 is 2. The lowest BCUT2D eigenvalue weighted by atomic mass is 9.80. The van der Waals surface area contributed by atoms with Gasteiger partial charge in [-0.15, -0.1) is 11.8 Å². The van der Waals surface area contributed by atoms with Crippen LogP contribution in [-0.2, 0) is 6.42 Å². The molecule has 5 aliphatic heterocycles. The molecule has 20 rings (SSSR count). The van der Waals surface area contributed by atoms with Crippen LogP contribution in [0, 0.1) is 82.7 Å². The minimum absolute atomic E-state index is 0.187. The highest BCUT2D eigenvalue weighted by Crippen LogP contribution is 2.50. The first-order chi connectivity index (χ1) is 54.8. The van der Waals surface area contributed by atoms with E-state index in [1.807, 2.05) is 42.1 Å². The summed E-state index contributed by atoms with van der Waals surface area (Å²) in [5.41, 5.74) is 7.62. The fourth-order valence-corrected chi connectivity index (χ4v) is 24.8. The summed E-state index contributed by atoms with van der Waals surface area (Å²) in [6.45, 7) is 30.1. The van der Waals surface area contributed by atoms with Gasteiger partial charge in [-0.05, 0) is 246 Å². The number of rotatable bonds is 17. The van der Waals surface area contributed by atoms with E-state index in [4.69, 9.17) is 32.7 Å². The molecule has 10 aliphatic carbocycles. The molecule has 15 unspecified atom stereocenters. The third kappa shape index (κ3) is 19.2. The molecule has 0 radical (unpaired) electrons. The Labute approximate surface area is 687 Å². The molecular weight excluding hydrogens is 1450 g/mol. The molecule has 15 atom stereocenters. The van der Waals surface area contributed by atoms with E-state index in [0.717, 1.165) is 187 Å². The average Bonchev–Trinajstić information content (AvgIpc) is 1.53. The van der Waals surface area contributed by atoms with Crippen LogP contribution in [0.3, 0.4) is 0 Å². The molecule has 0 aromatic heterocycles. The molecule has 5 heterocycles. The van der Waals surface area contributed by atoms with Gasteiger partial charge in [0.25, 0.3) is 0 Å². The van der Waals surface area contributed by atoms with Crippen LogP contribution in [-0.4, -0.2) is 207 Å². The van der Waals surface area contributed by atoms with E-state index in [9.17, 15) is 4.39 Å². The van der Waals surface area contributed by atoms with Gasteiger partial charge < -0.3 is 34.0 Å². The molecule has 7 saturated carbocycles. The van der Waals surface area contributed by atoms with Gasteiger partial charge in [-0.3, -0.25) is 24.5 Å². The number of hydrogen-bond acceptors (Lipinski definition) is 13. The molecule has 0 N–H and O–H groups in total. The van der Waals surface area contributed by atoms with Crippen molar-refractivity contribution in [1.82, 2.24) is 24.5 Å². The Morgan fingerprint density at radius 3 is 1.57 bits per heavy atom. The zero-order chi connectivity index (χ0) is 76.6. The van der Waals surface area contributed by atoms with Crippen LogP contribution in [0.15, 0.2) is 151 Å². The molecule has 0 amide bonds. The third-order valence-corrected chi connectivity index (χ3v) is 31.4. The minimum Gasteiger partial charge on any atom is -0.495 e. The Balaban J connectivity index is 0.000000106. The zero-order valence-electron chi connectivity index (χ0n) is 68.5. The van der Waals surface area contributed by atoms with E-state index in [1.165, 1.54) is 221 Å². The van der Waals surface area contributed by atoms with Gasteiger partial charge in [0.2, 0.25) is 0 Å². The van der Waals surface area contributed by atoms with E-state index >= 15 is 0 Å². The number of para-hydroxylation sites is 3. The van der Waals surface area contributed by atoms with Crippen molar-refractivity contribution in [3.8, 4) is 11.5 Å². The average molecular weight is 1580 g/mol. The van der Waals surface area contributed by atoms with Crippen molar-refractivity contribution in [2.75, 3.05) is 189 Å². The monoisotopic (exact) mass is 1580 g/mol. The highest BCUT2D eigenvalue weighted by molar-refractivity contribution is 7.98. The van der Waals surface area contributed by atoms with E-state index < -0.39 is 0 Å². The van der Waals surface area contributed by atoms with Crippen molar-refractivity contribution in [2.45, 2.75) is 146 Å². The van der Waals surface area contributed by atoms with Crippen LogP contribution < -0.4 is 34.0 Å². The second kappa shape index (κ2) is 37.9.